The number of hydrogen-bond donors (Lipinski definition) is 1. The third-order valence-corrected chi connectivity index (χ3v) is 16.3. The summed E-state index contributed by atoms with van der Waals surface area (Å²) in [6, 6.07) is 14.9. The standard InChI is InChI=1S/C45H52N4O8S3/c1-43(2,3)57-37(51)22-29-16-9-6-5-7-12-17-30-24-45(30,41(53)48-60(54,55)44(4)20-21-44)25-36(50)35-23-31(26-49(35)40(29)52)56-42-47-33-19-13-18-32(38(33)59-42)39-46-34(27-58-39)28-14-10-8-11-15-28/h8,10-15,17-19,27,29-31,35H,5-7,9,16,20-26H2,1-4H3,(H,48,53)/b17-12-/t29-,30-,31-,35+,45-/m1/s1. The Balaban J connectivity index is 1.08. The first kappa shape index (κ1) is 42.2. The molecule has 60 heavy (non-hydrogen) atoms. The summed E-state index contributed by atoms with van der Waals surface area (Å²) in [5, 5.41) is 3.27. The van der Waals surface area contributed by atoms with Crippen LogP contribution in [0.3, 0.4) is 0 Å². The number of amides is 2. The Morgan fingerprint density at radius 3 is 2.55 bits per heavy atom. The molecule has 318 valence electrons. The quantitative estimate of drug-likeness (QED) is 0.128. The van der Waals surface area contributed by atoms with Crippen molar-refractivity contribution in [3.05, 3.63) is 66.1 Å². The van der Waals surface area contributed by atoms with Gasteiger partial charge in [0.2, 0.25) is 21.8 Å². The predicted octanol–water partition coefficient (Wildman–Crippen LogP) is 8.27. The van der Waals surface area contributed by atoms with E-state index in [9.17, 15) is 27.6 Å². The third kappa shape index (κ3) is 8.94. The van der Waals surface area contributed by atoms with E-state index < -0.39 is 55.7 Å². The Hall–Kier alpha value is -4.47. The second kappa shape index (κ2) is 16.4. The van der Waals surface area contributed by atoms with E-state index in [1.807, 2.05) is 66.1 Å². The number of allylic oxidation sites excluding steroid dienone is 2. The topological polar surface area (TPSA) is 162 Å². The van der Waals surface area contributed by atoms with Crippen LogP contribution in [0.5, 0.6) is 5.19 Å². The molecular formula is C45H52N4O8S3. The van der Waals surface area contributed by atoms with Crippen LogP contribution < -0.4 is 9.46 Å². The number of hydrogen-bond acceptors (Lipinski definition) is 12. The predicted molar refractivity (Wildman–Crippen MR) is 232 cm³/mol. The fourth-order valence-electron chi connectivity index (χ4n) is 8.43. The summed E-state index contributed by atoms with van der Waals surface area (Å²) in [7, 11) is -3.95. The number of carbonyl (C=O) groups is 4. The van der Waals surface area contributed by atoms with E-state index in [0.29, 0.717) is 37.3 Å². The maximum absolute atomic E-state index is 14.7. The molecule has 3 fully saturated rings. The molecule has 2 aliphatic heterocycles. The van der Waals surface area contributed by atoms with Crippen LogP contribution in [0, 0.1) is 17.3 Å². The van der Waals surface area contributed by atoms with Crippen LogP contribution in [0.25, 0.3) is 32.0 Å². The summed E-state index contributed by atoms with van der Waals surface area (Å²) in [6.45, 7) is 7.04. The summed E-state index contributed by atoms with van der Waals surface area (Å²) < 4.78 is 40.9. The van der Waals surface area contributed by atoms with Crippen molar-refractivity contribution in [1.82, 2.24) is 19.6 Å². The number of ketones is 1. The fourth-order valence-corrected chi connectivity index (χ4v) is 11.7. The van der Waals surface area contributed by atoms with Gasteiger partial charge in [0.15, 0.2) is 5.78 Å². The number of benzene rings is 2. The minimum absolute atomic E-state index is 0.0744. The van der Waals surface area contributed by atoms with Gasteiger partial charge in [-0.2, -0.15) is 0 Å². The fraction of sp³-hybridized carbons (Fsp3) is 0.511. The number of thiazole rings is 2. The molecule has 4 heterocycles. The number of fused-ring (bicyclic) bond motifs is 3. The molecule has 15 heteroatoms. The van der Waals surface area contributed by atoms with Crippen molar-refractivity contribution in [3.8, 4) is 27.0 Å². The van der Waals surface area contributed by atoms with E-state index >= 15 is 0 Å². The lowest BCUT2D eigenvalue weighted by Gasteiger charge is -2.29. The number of rotatable bonds is 9. The van der Waals surface area contributed by atoms with Gasteiger partial charge in [0.25, 0.3) is 5.19 Å². The number of aromatic nitrogens is 2. The molecule has 8 rings (SSSR count). The lowest BCUT2D eigenvalue weighted by atomic mass is 9.90. The van der Waals surface area contributed by atoms with Crippen LogP contribution in [0.15, 0.2) is 66.1 Å². The molecule has 2 aromatic heterocycles. The molecule has 2 amide bonds. The normalized spacial score (nSPS) is 26.3. The Kier molecular flexibility index (Phi) is 11.6. The van der Waals surface area contributed by atoms with Gasteiger partial charge in [-0.1, -0.05) is 78.8 Å². The molecule has 1 saturated heterocycles. The molecule has 2 aliphatic carbocycles. The highest BCUT2D eigenvalue weighted by Gasteiger charge is 2.62. The van der Waals surface area contributed by atoms with Gasteiger partial charge in [0.05, 0.1) is 45.1 Å². The van der Waals surface area contributed by atoms with Gasteiger partial charge in [-0.25, -0.2) is 18.4 Å². The Labute approximate surface area is 359 Å². The summed E-state index contributed by atoms with van der Waals surface area (Å²) in [5.74, 6) is -2.88. The van der Waals surface area contributed by atoms with E-state index in [-0.39, 0.29) is 43.4 Å². The minimum atomic E-state index is -3.95. The first-order chi connectivity index (χ1) is 28.5. The van der Waals surface area contributed by atoms with E-state index in [0.717, 1.165) is 51.3 Å². The van der Waals surface area contributed by atoms with Crippen molar-refractivity contribution < 1.29 is 37.1 Å². The van der Waals surface area contributed by atoms with E-state index in [4.69, 9.17) is 19.4 Å². The lowest BCUT2D eigenvalue weighted by Crippen LogP contribution is -2.47. The molecule has 0 unspecified atom stereocenters. The van der Waals surface area contributed by atoms with Crippen LogP contribution in [0.2, 0.25) is 0 Å². The molecule has 5 atom stereocenters. The van der Waals surface area contributed by atoms with Crippen molar-refractivity contribution in [1.29, 1.82) is 0 Å². The largest absolute Gasteiger partial charge is 0.465 e. The van der Waals surface area contributed by atoms with Crippen molar-refractivity contribution in [2.24, 2.45) is 17.3 Å². The number of ether oxygens (including phenoxy) is 2. The molecule has 12 nitrogen and oxygen atoms in total. The molecule has 0 bridgehead atoms. The summed E-state index contributed by atoms with van der Waals surface area (Å²) in [4.78, 5) is 67.8. The van der Waals surface area contributed by atoms with Crippen LogP contribution >= 0.6 is 22.7 Å². The van der Waals surface area contributed by atoms with E-state index in [1.165, 1.54) is 16.2 Å². The van der Waals surface area contributed by atoms with Crippen LogP contribution in [0.1, 0.15) is 98.3 Å². The van der Waals surface area contributed by atoms with Gasteiger partial charge in [0, 0.05) is 35.3 Å². The maximum atomic E-state index is 14.7. The van der Waals surface area contributed by atoms with Gasteiger partial charge >= 0.3 is 5.97 Å². The number of nitrogens with one attached hydrogen (secondary N) is 1. The summed E-state index contributed by atoms with van der Waals surface area (Å²) in [6.07, 6.45) is 7.91. The van der Waals surface area contributed by atoms with Crippen molar-refractivity contribution in [2.45, 2.75) is 121 Å². The first-order valence-electron chi connectivity index (χ1n) is 20.9. The van der Waals surface area contributed by atoms with Crippen LogP contribution in [0.4, 0.5) is 0 Å². The second-order valence-corrected chi connectivity index (χ2v) is 22.1. The zero-order valence-electron chi connectivity index (χ0n) is 34.5. The lowest BCUT2D eigenvalue weighted by molar-refractivity contribution is -0.159. The number of carbonyl (C=O) groups excluding carboxylic acids is 4. The first-order valence-corrected chi connectivity index (χ1v) is 24.1. The minimum Gasteiger partial charge on any atom is -0.465 e. The molecule has 4 aromatic rings. The average Bonchev–Trinajstić information content (AvgIpc) is 3.85. The second-order valence-electron chi connectivity index (χ2n) is 18.1. The average molecular weight is 873 g/mol. The Morgan fingerprint density at radius 2 is 1.80 bits per heavy atom. The van der Waals surface area contributed by atoms with Crippen molar-refractivity contribution in [3.63, 3.8) is 0 Å². The van der Waals surface area contributed by atoms with E-state index in [2.05, 4.69) is 4.72 Å². The zero-order chi connectivity index (χ0) is 42.5. The number of Topliss-reactive ketones (excluding diaryl/α,β-unsaturated/α-hetero) is 1. The Morgan fingerprint density at radius 1 is 1.02 bits per heavy atom. The number of sulfonamides is 1. The highest BCUT2D eigenvalue weighted by atomic mass is 32.2. The number of nitrogens with zero attached hydrogens (tertiary/aromatic N) is 3. The zero-order valence-corrected chi connectivity index (χ0v) is 36.9. The van der Waals surface area contributed by atoms with Crippen LogP contribution in [-0.4, -0.2) is 75.9 Å². The molecule has 4 aliphatic rings. The smallest absolute Gasteiger partial charge is 0.307 e. The molecule has 2 saturated carbocycles. The Bertz CT molecular complexity index is 2430. The van der Waals surface area contributed by atoms with Gasteiger partial charge in [-0.15, -0.1) is 11.3 Å². The van der Waals surface area contributed by atoms with Crippen LogP contribution in [-0.2, 0) is 33.9 Å². The molecule has 0 spiro atoms. The van der Waals surface area contributed by atoms with Crippen molar-refractivity contribution >= 4 is 66.5 Å². The molecular weight excluding hydrogens is 821 g/mol. The highest BCUT2D eigenvalue weighted by Crippen LogP contribution is 2.58. The molecule has 2 aromatic carbocycles. The van der Waals surface area contributed by atoms with Gasteiger partial charge in [-0.05, 0) is 78.2 Å². The summed E-state index contributed by atoms with van der Waals surface area (Å²) in [5.41, 5.74) is 1.58. The van der Waals surface area contributed by atoms with Crippen molar-refractivity contribution in [2.75, 3.05) is 6.54 Å². The number of esters is 1. The third-order valence-electron chi connectivity index (χ3n) is 12.3. The molecule has 0 radical (unpaired) electrons. The van der Waals surface area contributed by atoms with Gasteiger partial charge < -0.3 is 14.4 Å². The highest BCUT2D eigenvalue weighted by molar-refractivity contribution is 7.91. The van der Waals surface area contributed by atoms with Gasteiger partial charge in [-0.3, -0.25) is 23.9 Å². The molecule has 1 N–H and O–H groups in total. The van der Waals surface area contributed by atoms with E-state index in [1.54, 1.807) is 39.0 Å². The van der Waals surface area contributed by atoms with Gasteiger partial charge in [0.1, 0.15) is 16.7 Å². The maximum Gasteiger partial charge on any atom is 0.307 e. The monoisotopic (exact) mass is 872 g/mol. The SMILES string of the molecule is CC(C)(C)OC(=O)C[C@H]1CCCCC/C=C\[C@@H]2C[C@@]2(C(=O)NS(=O)(=O)C2(C)CC2)CC(=O)[C@@H]2C[C@@H](Oc3nc4cccc(-c5nc(-c6ccccc6)cs5)c4s3)CN2C1=O. The summed E-state index contributed by atoms with van der Waals surface area (Å²) >= 11 is 2.92.